The van der Waals surface area contributed by atoms with Crippen molar-refractivity contribution in [2.24, 2.45) is 0 Å². The quantitative estimate of drug-likeness (QED) is 0.540. The van der Waals surface area contributed by atoms with Gasteiger partial charge in [-0.05, 0) is 67.6 Å². The average molecular weight is 504 g/mol. The molecular weight excluding hydrogens is 474 g/mol. The summed E-state index contributed by atoms with van der Waals surface area (Å²) >= 11 is 6.05. The molecule has 2 fully saturated rings. The molecule has 182 valence electrons. The van der Waals surface area contributed by atoms with E-state index >= 15 is 0 Å². The van der Waals surface area contributed by atoms with Crippen LogP contribution in [0.1, 0.15) is 32.6 Å². The van der Waals surface area contributed by atoms with Crippen LogP contribution in [0.2, 0.25) is 5.02 Å². The summed E-state index contributed by atoms with van der Waals surface area (Å²) in [5, 5.41) is 2.14. The minimum absolute atomic E-state index is 0.000310. The Balaban J connectivity index is 1.58. The molecule has 0 bridgehead atoms. The first kappa shape index (κ1) is 24.7. The highest BCUT2D eigenvalue weighted by atomic mass is 35.5. The van der Waals surface area contributed by atoms with Crippen molar-refractivity contribution < 1.29 is 18.0 Å². The number of fused-ring (bicyclic) bond motifs is 1. The molecule has 0 N–H and O–H groups in total. The van der Waals surface area contributed by atoms with E-state index in [0.29, 0.717) is 31.1 Å². The normalized spacial score (nSPS) is 20.2. The van der Waals surface area contributed by atoms with Crippen molar-refractivity contribution in [1.29, 1.82) is 0 Å². The fourth-order valence-corrected chi connectivity index (χ4v) is 6.66. The van der Waals surface area contributed by atoms with Gasteiger partial charge in [0.15, 0.2) is 0 Å². The number of halogens is 1. The molecule has 9 heteroatoms. The molecule has 0 saturated carbocycles. The number of amides is 2. The second-order valence-electron chi connectivity index (χ2n) is 8.91. The molecular formula is C25H30ClN3O4S. The Morgan fingerprint density at radius 2 is 1.82 bits per heavy atom. The zero-order chi connectivity index (χ0) is 24.5. The molecule has 2 aromatic carbocycles. The first-order valence-electron chi connectivity index (χ1n) is 11.7. The van der Waals surface area contributed by atoms with E-state index in [9.17, 15) is 18.0 Å². The number of nitrogens with zero attached hydrogens (tertiary/aromatic N) is 3. The number of rotatable bonds is 7. The monoisotopic (exact) mass is 503 g/mol. The molecule has 2 aliphatic rings. The Labute approximate surface area is 206 Å². The summed E-state index contributed by atoms with van der Waals surface area (Å²) in [4.78, 5) is 29.8. The summed E-state index contributed by atoms with van der Waals surface area (Å²) in [5.41, 5.74) is 0. The van der Waals surface area contributed by atoms with Crippen LogP contribution in [-0.4, -0.2) is 72.6 Å². The largest absolute Gasteiger partial charge is 0.341 e. The van der Waals surface area contributed by atoms with E-state index in [0.717, 1.165) is 30.0 Å². The summed E-state index contributed by atoms with van der Waals surface area (Å²) in [6.07, 6.45) is 4.86. The maximum absolute atomic E-state index is 13.6. The molecule has 0 spiro atoms. The van der Waals surface area contributed by atoms with Gasteiger partial charge in [-0.1, -0.05) is 29.8 Å². The van der Waals surface area contributed by atoms with Crippen molar-refractivity contribution in [3.63, 3.8) is 0 Å². The number of likely N-dealkylation sites (tertiary alicyclic amines) is 2. The van der Waals surface area contributed by atoms with Gasteiger partial charge in [-0.2, -0.15) is 4.31 Å². The minimum atomic E-state index is -3.98. The Kier molecular flexibility index (Phi) is 7.31. The lowest BCUT2D eigenvalue weighted by Crippen LogP contribution is -2.52. The molecule has 2 unspecified atom stereocenters. The second kappa shape index (κ2) is 10.1. The van der Waals surface area contributed by atoms with Crippen LogP contribution in [-0.2, 0) is 19.6 Å². The summed E-state index contributed by atoms with van der Waals surface area (Å²) in [6, 6.07) is 8.59. The van der Waals surface area contributed by atoms with Crippen molar-refractivity contribution >= 4 is 44.2 Å². The Bertz CT molecular complexity index is 1210. The van der Waals surface area contributed by atoms with Gasteiger partial charge in [0, 0.05) is 31.2 Å². The van der Waals surface area contributed by atoms with E-state index in [4.69, 9.17) is 11.6 Å². The predicted octanol–water partition coefficient (Wildman–Crippen LogP) is 3.67. The molecule has 4 rings (SSSR count). The van der Waals surface area contributed by atoms with Gasteiger partial charge < -0.3 is 9.80 Å². The molecule has 2 amide bonds. The standard InChI is InChI=1S/C25H30ClN3O4S/c1-3-12-29(34(32,33)22-10-8-19-16-21(26)9-7-20(19)17-22)23-11-15-28(25(23)31)18(2)24(30)27-13-5-4-6-14-27/h3,7-10,16-18,23H,1,4-6,11-15H2,2H3. The Hall–Kier alpha value is -2.42. The number of sulfonamides is 1. The van der Waals surface area contributed by atoms with Gasteiger partial charge in [0.25, 0.3) is 0 Å². The highest BCUT2D eigenvalue weighted by Gasteiger charge is 2.44. The summed E-state index contributed by atoms with van der Waals surface area (Å²) in [5.74, 6) is -0.407. The second-order valence-corrected chi connectivity index (χ2v) is 11.2. The fourth-order valence-electron chi connectivity index (χ4n) is 4.86. The van der Waals surface area contributed by atoms with Gasteiger partial charge >= 0.3 is 0 Å². The lowest BCUT2D eigenvalue weighted by atomic mass is 10.1. The van der Waals surface area contributed by atoms with Crippen molar-refractivity contribution in [3.05, 3.63) is 54.1 Å². The molecule has 34 heavy (non-hydrogen) atoms. The number of carbonyl (C=O) groups is 2. The summed E-state index contributed by atoms with van der Waals surface area (Å²) in [7, 11) is -3.98. The maximum Gasteiger partial charge on any atom is 0.245 e. The van der Waals surface area contributed by atoms with E-state index in [-0.39, 0.29) is 23.3 Å². The number of benzene rings is 2. The molecule has 2 aliphatic heterocycles. The van der Waals surface area contributed by atoms with Crippen LogP contribution in [0, 0.1) is 0 Å². The first-order valence-corrected chi connectivity index (χ1v) is 13.5. The molecule has 7 nitrogen and oxygen atoms in total. The summed E-state index contributed by atoms with van der Waals surface area (Å²) < 4.78 is 28.5. The van der Waals surface area contributed by atoms with E-state index in [1.807, 2.05) is 4.90 Å². The molecule has 2 aromatic rings. The molecule has 2 atom stereocenters. The van der Waals surface area contributed by atoms with Crippen LogP contribution in [0.3, 0.4) is 0 Å². The SMILES string of the molecule is C=CCN(C1CCN(C(C)C(=O)N2CCCCC2)C1=O)S(=O)(=O)c1ccc2cc(Cl)ccc2c1. The van der Waals surface area contributed by atoms with Gasteiger partial charge in [0.2, 0.25) is 21.8 Å². The topological polar surface area (TPSA) is 78.0 Å². The van der Waals surface area contributed by atoms with Crippen molar-refractivity contribution in [2.45, 2.75) is 49.6 Å². The number of hydrogen-bond acceptors (Lipinski definition) is 4. The van der Waals surface area contributed by atoms with Gasteiger partial charge in [0.1, 0.15) is 12.1 Å². The molecule has 2 heterocycles. The number of piperidine rings is 1. The number of carbonyl (C=O) groups excluding carboxylic acids is 2. The highest BCUT2D eigenvalue weighted by molar-refractivity contribution is 7.89. The Morgan fingerprint density at radius 3 is 2.53 bits per heavy atom. The smallest absolute Gasteiger partial charge is 0.245 e. The minimum Gasteiger partial charge on any atom is -0.341 e. The van der Waals surface area contributed by atoms with E-state index < -0.39 is 22.1 Å². The lowest BCUT2D eigenvalue weighted by Gasteiger charge is -2.33. The van der Waals surface area contributed by atoms with Gasteiger partial charge in [-0.15, -0.1) is 6.58 Å². The van der Waals surface area contributed by atoms with Crippen LogP contribution >= 0.6 is 11.6 Å². The first-order chi connectivity index (χ1) is 16.2. The predicted molar refractivity (Wildman–Crippen MR) is 133 cm³/mol. The third-order valence-corrected chi connectivity index (χ3v) is 8.85. The zero-order valence-electron chi connectivity index (χ0n) is 19.3. The van der Waals surface area contributed by atoms with Crippen molar-refractivity contribution in [1.82, 2.24) is 14.1 Å². The lowest BCUT2D eigenvalue weighted by molar-refractivity contribution is -0.144. The fraction of sp³-hybridized carbons (Fsp3) is 0.440. The van der Waals surface area contributed by atoms with Gasteiger partial charge in [-0.25, -0.2) is 8.42 Å². The van der Waals surface area contributed by atoms with E-state index in [1.165, 1.54) is 21.3 Å². The Morgan fingerprint density at radius 1 is 1.15 bits per heavy atom. The average Bonchev–Trinajstić information content (AvgIpc) is 3.22. The molecule has 0 radical (unpaired) electrons. The van der Waals surface area contributed by atoms with Crippen LogP contribution in [0.15, 0.2) is 53.9 Å². The molecule has 0 aromatic heterocycles. The van der Waals surface area contributed by atoms with Crippen LogP contribution in [0.5, 0.6) is 0 Å². The van der Waals surface area contributed by atoms with Crippen molar-refractivity contribution in [2.75, 3.05) is 26.2 Å². The van der Waals surface area contributed by atoms with Gasteiger partial charge in [0.05, 0.1) is 4.90 Å². The van der Waals surface area contributed by atoms with Crippen LogP contribution in [0.4, 0.5) is 0 Å². The van der Waals surface area contributed by atoms with Crippen LogP contribution in [0.25, 0.3) is 10.8 Å². The van der Waals surface area contributed by atoms with Crippen LogP contribution < -0.4 is 0 Å². The highest BCUT2D eigenvalue weighted by Crippen LogP contribution is 2.29. The van der Waals surface area contributed by atoms with E-state index in [2.05, 4.69) is 6.58 Å². The molecule has 0 aliphatic carbocycles. The van der Waals surface area contributed by atoms with Crippen molar-refractivity contribution in [3.8, 4) is 0 Å². The summed E-state index contributed by atoms with van der Waals surface area (Å²) in [6.45, 7) is 7.19. The molecule has 2 saturated heterocycles. The van der Waals surface area contributed by atoms with Gasteiger partial charge in [-0.3, -0.25) is 9.59 Å². The maximum atomic E-state index is 13.6. The third-order valence-electron chi connectivity index (χ3n) is 6.74. The number of hydrogen-bond donors (Lipinski definition) is 0. The zero-order valence-corrected chi connectivity index (χ0v) is 20.9. The third kappa shape index (κ3) is 4.72. The van der Waals surface area contributed by atoms with E-state index in [1.54, 1.807) is 37.3 Å².